The van der Waals surface area contributed by atoms with Gasteiger partial charge < -0.3 is 11.1 Å². The van der Waals surface area contributed by atoms with Crippen LogP contribution in [0.3, 0.4) is 0 Å². The van der Waals surface area contributed by atoms with Gasteiger partial charge in [-0.05, 0) is 31.2 Å². The topological polar surface area (TPSA) is 55.1 Å². The molecule has 0 saturated carbocycles. The van der Waals surface area contributed by atoms with Crippen LogP contribution < -0.4 is 11.1 Å². The predicted molar refractivity (Wildman–Crippen MR) is 76.0 cm³/mol. The molecule has 0 aliphatic heterocycles. The van der Waals surface area contributed by atoms with Gasteiger partial charge in [0.25, 0.3) is 5.91 Å². The van der Waals surface area contributed by atoms with E-state index < -0.39 is 29.1 Å². The molecule has 1 amide bonds. The molecule has 1 unspecified atom stereocenters. The number of hydrogen-bond donors (Lipinski definition) is 2. The van der Waals surface area contributed by atoms with E-state index in [9.17, 15) is 13.6 Å². The molecule has 106 valence electrons. The van der Waals surface area contributed by atoms with Crippen LogP contribution in [0.2, 0.25) is 4.34 Å². The van der Waals surface area contributed by atoms with E-state index in [4.69, 9.17) is 17.3 Å². The third kappa shape index (κ3) is 2.91. The van der Waals surface area contributed by atoms with E-state index in [1.165, 1.54) is 11.3 Å². The van der Waals surface area contributed by atoms with Crippen molar-refractivity contribution >= 4 is 34.5 Å². The normalized spacial score (nSPS) is 12.2. The average Bonchev–Trinajstić information content (AvgIpc) is 2.81. The van der Waals surface area contributed by atoms with Crippen LogP contribution in [-0.4, -0.2) is 5.91 Å². The molecule has 20 heavy (non-hydrogen) atoms. The number of thiophene rings is 1. The minimum atomic E-state index is -1.06. The fourth-order valence-corrected chi connectivity index (χ4v) is 2.74. The molecule has 0 spiro atoms. The van der Waals surface area contributed by atoms with E-state index in [0.29, 0.717) is 4.34 Å². The highest BCUT2D eigenvalue weighted by Gasteiger charge is 2.21. The van der Waals surface area contributed by atoms with Crippen LogP contribution in [0.15, 0.2) is 24.3 Å². The van der Waals surface area contributed by atoms with Gasteiger partial charge in [0.05, 0.1) is 16.1 Å². The van der Waals surface area contributed by atoms with Crippen molar-refractivity contribution in [1.82, 2.24) is 5.32 Å². The van der Waals surface area contributed by atoms with Crippen LogP contribution in [0.25, 0.3) is 0 Å². The minimum absolute atomic E-state index is 0.275. The molecule has 7 heteroatoms. The van der Waals surface area contributed by atoms with Crippen LogP contribution in [0.4, 0.5) is 14.5 Å². The lowest BCUT2D eigenvalue weighted by molar-refractivity contribution is 0.0932. The molecular weight excluding hydrogens is 306 g/mol. The number of amides is 1. The Kier molecular flexibility index (Phi) is 4.25. The second kappa shape index (κ2) is 5.76. The summed E-state index contributed by atoms with van der Waals surface area (Å²) in [5, 5.41) is 2.51. The van der Waals surface area contributed by atoms with E-state index in [2.05, 4.69) is 5.32 Å². The summed E-state index contributed by atoms with van der Waals surface area (Å²) in [7, 11) is 0. The van der Waals surface area contributed by atoms with Gasteiger partial charge in [-0.15, -0.1) is 11.3 Å². The van der Waals surface area contributed by atoms with Crippen LogP contribution in [0.5, 0.6) is 0 Å². The lowest BCUT2D eigenvalue weighted by Gasteiger charge is -2.13. The maximum atomic E-state index is 13.7. The van der Waals surface area contributed by atoms with Crippen molar-refractivity contribution in [1.29, 1.82) is 0 Å². The second-order valence-corrected chi connectivity index (χ2v) is 5.91. The van der Waals surface area contributed by atoms with Crippen molar-refractivity contribution < 1.29 is 13.6 Å². The highest BCUT2D eigenvalue weighted by atomic mass is 35.5. The monoisotopic (exact) mass is 316 g/mol. The van der Waals surface area contributed by atoms with Crippen LogP contribution in [0.1, 0.15) is 28.2 Å². The summed E-state index contributed by atoms with van der Waals surface area (Å²) in [6, 6.07) is 5.04. The van der Waals surface area contributed by atoms with Crippen LogP contribution in [-0.2, 0) is 0 Å². The first kappa shape index (κ1) is 14.7. The maximum Gasteiger partial charge on any atom is 0.257 e. The molecule has 0 fully saturated rings. The summed E-state index contributed by atoms with van der Waals surface area (Å²) in [6.45, 7) is 1.70. The van der Waals surface area contributed by atoms with Crippen LogP contribution in [0, 0.1) is 11.6 Å². The molecule has 3 N–H and O–H groups in total. The first-order valence-corrected chi connectivity index (χ1v) is 6.89. The van der Waals surface area contributed by atoms with Crippen molar-refractivity contribution in [3.8, 4) is 0 Å². The van der Waals surface area contributed by atoms with E-state index >= 15 is 0 Å². The Bertz CT molecular complexity index is 660. The molecule has 0 aliphatic carbocycles. The number of rotatable bonds is 3. The number of halogens is 3. The molecule has 2 rings (SSSR count). The Morgan fingerprint density at radius 3 is 2.65 bits per heavy atom. The Morgan fingerprint density at radius 1 is 1.35 bits per heavy atom. The zero-order valence-electron chi connectivity index (χ0n) is 10.4. The van der Waals surface area contributed by atoms with Gasteiger partial charge in [0.1, 0.15) is 11.4 Å². The van der Waals surface area contributed by atoms with E-state index in [1.54, 1.807) is 19.1 Å². The summed E-state index contributed by atoms with van der Waals surface area (Å²) < 4.78 is 27.9. The molecule has 3 nitrogen and oxygen atoms in total. The first-order valence-electron chi connectivity index (χ1n) is 5.69. The molecule has 0 bridgehead atoms. The SMILES string of the molecule is CC(NC(=O)c1c(F)ccc(N)c1F)c1ccc(Cl)s1. The van der Waals surface area contributed by atoms with E-state index in [1.807, 2.05) is 0 Å². The van der Waals surface area contributed by atoms with Crippen molar-refractivity contribution in [2.75, 3.05) is 5.73 Å². The third-order valence-electron chi connectivity index (χ3n) is 2.72. The summed E-state index contributed by atoms with van der Waals surface area (Å²) in [5.41, 5.74) is 4.38. The number of hydrogen-bond acceptors (Lipinski definition) is 3. The van der Waals surface area contributed by atoms with Crippen molar-refractivity contribution in [2.24, 2.45) is 0 Å². The first-order chi connectivity index (χ1) is 9.40. The molecule has 1 heterocycles. The number of anilines is 1. The Labute approximate surface area is 123 Å². The number of nitrogens with two attached hydrogens (primary N) is 1. The fraction of sp³-hybridized carbons (Fsp3) is 0.154. The van der Waals surface area contributed by atoms with Crippen molar-refractivity contribution in [3.63, 3.8) is 0 Å². The maximum absolute atomic E-state index is 13.7. The zero-order chi connectivity index (χ0) is 14.9. The minimum Gasteiger partial charge on any atom is -0.396 e. The Morgan fingerprint density at radius 2 is 2.05 bits per heavy atom. The highest BCUT2D eigenvalue weighted by molar-refractivity contribution is 7.16. The number of benzene rings is 1. The largest absolute Gasteiger partial charge is 0.396 e. The zero-order valence-corrected chi connectivity index (χ0v) is 12.0. The van der Waals surface area contributed by atoms with Gasteiger partial charge in [0.15, 0.2) is 5.82 Å². The molecule has 1 atom stereocenters. The van der Waals surface area contributed by atoms with Gasteiger partial charge in [-0.2, -0.15) is 0 Å². The van der Waals surface area contributed by atoms with Gasteiger partial charge in [-0.25, -0.2) is 8.78 Å². The Balaban J connectivity index is 2.23. The van der Waals surface area contributed by atoms with Gasteiger partial charge in [-0.3, -0.25) is 4.79 Å². The number of carbonyl (C=O) groups excluding carboxylic acids is 1. The van der Waals surface area contributed by atoms with Gasteiger partial charge >= 0.3 is 0 Å². The lowest BCUT2D eigenvalue weighted by atomic mass is 10.1. The summed E-state index contributed by atoms with van der Waals surface area (Å²) >= 11 is 7.08. The number of carbonyl (C=O) groups is 1. The summed E-state index contributed by atoms with van der Waals surface area (Å²) in [6.07, 6.45) is 0. The fourth-order valence-electron chi connectivity index (χ4n) is 1.68. The summed E-state index contributed by atoms with van der Waals surface area (Å²) in [5.74, 6) is -2.87. The van der Waals surface area contributed by atoms with Gasteiger partial charge in [-0.1, -0.05) is 11.6 Å². The second-order valence-electron chi connectivity index (χ2n) is 4.16. The average molecular weight is 317 g/mol. The predicted octanol–water partition coefficient (Wildman–Crippen LogP) is 3.75. The molecule has 0 aliphatic rings. The molecule has 0 radical (unpaired) electrons. The van der Waals surface area contributed by atoms with E-state index in [-0.39, 0.29) is 5.69 Å². The standard InChI is InChI=1S/C13H11ClF2N2OS/c1-6(9-4-5-10(14)20-9)18-13(19)11-7(15)2-3-8(17)12(11)16/h2-6H,17H2,1H3,(H,18,19). The van der Waals surface area contributed by atoms with Crippen LogP contribution >= 0.6 is 22.9 Å². The van der Waals surface area contributed by atoms with Crippen molar-refractivity contribution in [3.05, 3.63) is 50.7 Å². The highest BCUT2D eigenvalue weighted by Crippen LogP contribution is 2.27. The van der Waals surface area contributed by atoms with Crippen molar-refractivity contribution in [2.45, 2.75) is 13.0 Å². The Hall–Kier alpha value is -1.66. The molecular formula is C13H11ClF2N2OS. The quantitative estimate of drug-likeness (QED) is 0.847. The summed E-state index contributed by atoms with van der Waals surface area (Å²) in [4.78, 5) is 12.7. The third-order valence-corrected chi connectivity index (χ3v) is 4.13. The lowest BCUT2D eigenvalue weighted by Crippen LogP contribution is -2.28. The molecule has 2 aromatic rings. The molecule has 1 aromatic heterocycles. The molecule has 0 saturated heterocycles. The molecule has 1 aromatic carbocycles. The van der Waals surface area contributed by atoms with E-state index in [0.717, 1.165) is 17.0 Å². The number of nitrogens with one attached hydrogen (secondary N) is 1. The number of nitrogen functional groups attached to an aromatic ring is 1. The smallest absolute Gasteiger partial charge is 0.257 e. The van der Waals surface area contributed by atoms with Gasteiger partial charge in [0, 0.05) is 4.88 Å². The van der Waals surface area contributed by atoms with Gasteiger partial charge in [0.2, 0.25) is 0 Å².